The van der Waals surface area contributed by atoms with E-state index in [-0.39, 0.29) is 11.1 Å². The zero-order valence-electron chi connectivity index (χ0n) is 8.38. The molecule has 0 aromatic heterocycles. The molecule has 1 aliphatic rings. The first-order valence-electron chi connectivity index (χ1n) is 4.82. The highest BCUT2D eigenvalue weighted by molar-refractivity contribution is 5.94. The number of benzene rings is 1. The van der Waals surface area contributed by atoms with Crippen LogP contribution < -0.4 is 5.32 Å². The molecule has 0 spiro atoms. The van der Waals surface area contributed by atoms with Gasteiger partial charge in [-0.1, -0.05) is 6.07 Å². The highest BCUT2D eigenvalue weighted by Crippen LogP contribution is 2.39. The van der Waals surface area contributed by atoms with Crippen LogP contribution in [0, 0.1) is 5.82 Å². The van der Waals surface area contributed by atoms with Gasteiger partial charge >= 0.3 is 5.97 Å². The Hall–Kier alpha value is -1.58. The number of hydrogen-bond acceptors (Lipinski definition) is 2. The van der Waals surface area contributed by atoms with E-state index in [1.165, 1.54) is 6.07 Å². The van der Waals surface area contributed by atoms with Crippen LogP contribution in [-0.2, 0) is 0 Å². The van der Waals surface area contributed by atoms with Crippen molar-refractivity contribution in [2.75, 3.05) is 5.32 Å². The van der Waals surface area contributed by atoms with Gasteiger partial charge in [0.1, 0.15) is 11.4 Å². The average Bonchev–Trinajstić information content (AvgIpc) is 2.82. The number of rotatable bonds is 3. The van der Waals surface area contributed by atoms with Gasteiger partial charge in [-0.3, -0.25) is 0 Å². The van der Waals surface area contributed by atoms with E-state index in [0.717, 1.165) is 18.9 Å². The van der Waals surface area contributed by atoms with Gasteiger partial charge in [-0.05, 0) is 31.9 Å². The maximum Gasteiger partial charge on any atom is 0.340 e. The number of aromatic carboxylic acids is 1. The fourth-order valence-electron chi connectivity index (χ4n) is 1.48. The summed E-state index contributed by atoms with van der Waals surface area (Å²) in [6.45, 7) is 1.99. The molecule has 1 aromatic rings. The number of carboxylic acids is 1. The summed E-state index contributed by atoms with van der Waals surface area (Å²) in [6, 6.07) is 4.26. The highest BCUT2D eigenvalue weighted by atomic mass is 19.1. The van der Waals surface area contributed by atoms with Crippen molar-refractivity contribution in [3.8, 4) is 0 Å². The van der Waals surface area contributed by atoms with Gasteiger partial charge < -0.3 is 10.4 Å². The molecule has 1 fully saturated rings. The standard InChI is InChI=1S/C11H12FNO2/c1-11(5-6-11)13-8-4-2-3-7(12)9(8)10(14)15/h2-4,13H,5-6H2,1H3,(H,14,15). The third kappa shape index (κ3) is 1.93. The molecule has 0 saturated heterocycles. The van der Waals surface area contributed by atoms with Crippen molar-refractivity contribution < 1.29 is 14.3 Å². The molecule has 1 saturated carbocycles. The molecule has 1 aromatic carbocycles. The van der Waals surface area contributed by atoms with Gasteiger partial charge in [-0.2, -0.15) is 0 Å². The van der Waals surface area contributed by atoms with Crippen LogP contribution in [0.1, 0.15) is 30.1 Å². The van der Waals surface area contributed by atoms with Gasteiger partial charge in [0.15, 0.2) is 0 Å². The molecule has 0 amide bonds. The van der Waals surface area contributed by atoms with E-state index in [0.29, 0.717) is 5.69 Å². The van der Waals surface area contributed by atoms with Gasteiger partial charge in [-0.25, -0.2) is 9.18 Å². The second-order valence-corrected chi connectivity index (χ2v) is 4.15. The van der Waals surface area contributed by atoms with Gasteiger partial charge in [0.25, 0.3) is 0 Å². The summed E-state index contributed by atoms with van der Waals surface area (Å²) in [7, 11) is 0. The number of carbonyl (C=O) groups is 1. The summed E-state index contributed by atoms with van der Waals surface area (Å²) in [5, 5.41) is 11.9. The largest absolute Gasteiger partial charge is 0.478 e. The molecule has 1 aliphatic carbocycles. The first kappa shape index (κ1) is 9.96. The SMILES string of the molecule is CC1(Nc2cccc(F)c2C(=O)O)CC1. The van der Waals surface area contributed by atoms with Crippen molar-refractivity contribution >= 4 is 11.7 Å². The normalized spacial score (nSPS) is 17.2. The lowest BCUT2D eigenvalue weighted by Crippen LogP contribution is -2.19. The fraction of sp³-hybridized carbons (Fsp3) is 0.364. The molecule has 0 aliphatic heterocycles. The van der Waals surface area contributed by atoms with Crippen molar-refractivity contribution in [2.24, 2.45) is 0 Å². The molecule has 0 atom stereocenters. The second-order valence-electron chi connectivity index (χ2n) is 4.15. The van der Waals surface area contributed by atoms with E-state index in [1.54, 1.807) is 6.07 Å². The lowest BCUT2D eigenvalue weighted by molar-refractivity contribution is 0.0693. The van der Waals surface area contributed by atoms with Crippen molar-refractivity contribution in [2.45, 2.75) is 25.3 Å². The lowest BCUT2D eigenvalue weighted by atomic mass is 10.1. The third-order valence-electron chi connectivity index (χ3n) is 2.66. The Morgan fingerprint density at radius 3 is 2.73 bits per heavy atom. The monoisotopic (exact) mass is 209 g/mol. The van der Waals surface area contributed by atoms with Crippen LogP contribution >= 0.6 is 0 Å². The molecule has 0 bridgehead atoms. The van der Waals surface area contributed by atoms with Crippen molar-refractivity contribution in [1.29, 1.82) is 0 Å². The summed E-state index contributed by atoms with van der Waals surface area (Å²) < 4.78 is 13.3. The Morgan fingerprint density at radius 2 is 2.20 bits per heavy atom. The van der Waals surface area contributed by atoms with E-state index in [2.05, 4.69) is 5.32 Å². The first-order valence-corrected chi connectivity index (χ1v) is 4.82. The highest BCUT2D eigenvalue weighted by Gasteiger charge is 2.38. The minimum atomic E-state index is -1.24. The topological polar surface area (TPSA) is 49.3 Å². The number of nitrogens with one attached hydrogen (secondary N) is 1. The molecular formula is C11H12FNO2. The van der Waals surface area contributed by atoms with E-state index < -0.39 is 11.8 Å². The zero-order chi connectivity index (χ0) is 11.1. The van der Waals surface area contributed by atoms with Crippen LogP contribution in [0.5, 0.6) is 0 Å². The smallest absolute Gasteiger partial charge is 0.340 e. The molecule has 0 unspecified atom stereocenters. The molecular weight excluding hydrogens is 197 g/mol. The molecule has 2 N–H and O–H groups in total. The van der Waals surface area contributed by atoms with E-state index >= 15 is 0 Å². The second kappa shape index (κ2) is 3.22. The number of halogens is 1. The van der Waals surface area contributed by atoms with Gasteiger partial charge in [-0.15, -0.1) is 0 Å². The maximum absolute atomic E-state index is 13.3. The number of hydrogen-bond donors (Lipinski definition) is 2. The Balaban J connectivity index is 2.37. The van der Waals surface area contributed by atoms with Crippen molar-refractivity contribution in [3.63, 3.8) is 0 Å². The van der Waals surface area contributed by atoms with E-state index in [9.17, 15) is 9.18 Å². The Morgan fingerprint density at radius 1 is 1.53 bits per heavy atom. The van der Waals surface area contributed by atoms with Crippen LogP contribution in [0.4, 0.5) is 10.1 Å². The Bertz CT molecular complexity index is 413. The lowest BCUT2D eigenvalue weighted by Gasteiger charge is -2.15. The quantitative estimate of drug-likeness (QED) is 0.804. The Kier molecular flexibility index (Phi) is 2.14. The van der Waals surface area contributed by atoms with Gasteiger partial charge in [0.2, 0.25) is 0 Å². The minimum absolute atomic E-state index is 0.0575. The van der Waals surface area contributed by atoms with Crippen molar-refractivity contribution in [3.05, 3.63) is 29.6 Å². The predicted octanol–water partition coefficient (Wildman–Crippen LogP) is 2.49. The molecule has 3 nitrogen and oxygen atoms in total. The van der Waals surface area contributed by atoms with Crippen LogP contribution in [0.25, 0.3) is 0 Å². The van der Waals surface area contributed by atoms with Crippen LogP contribution in [0.3, 0.4) is 0 Å². The maximum atomic E-state index is 13.3. The minimum Gasteiger partial charge on any atom is -0.478 e. The van der Waals surface area contributed by atoms with E-state index in [1.807, 2.05) is 6.92 Å². The predicted molar refractivity (Wildman–Crippen MR) is 54.6 cm³/mol. The summed E-state index contributed by atoms with van der Waals surface area (Å²) in [5.41, 5.74) is 0.0333. The molecule has 0 radical (unpaired) electrons. The summed E-state index contributed by atoms with van der Waals surface area (Å²) >= 11 is 0. The van der Waals surface area contributed by atoms with Crippen molar-refractivity contribution in [1.82, 2.24) is 0 Å². The Labute approximate surface area is 86.9 Å². The van der Waals surface area contributed by atoms with E-state index in [4.69, 9.17) is 5.11 Å². The summed E-state index contributed by atoms with van der Waals surface area (Å²) in [5.74, 6) is -1.93. The average molecular weight is 209 g/mol. The molecule has 0 heterocycles. The molecule has 80 valence electrons. The third-order valence-corrected chi connectivity index (χ3v) is 2.66. The fourth-order valence-corrected chi connectivity index (χ4v) is 1.48. The van der Waals surface area contributed by atoms with Gasteiger partial charge in [0.05, 0.1) is 5.69 Å². The van der Waals surface area contributed by atoms with Crippen LogP contribution in [-0.4, -0.2) is 16.6 Å². The summed E-state index contributed by atoms with van der Waals surface area (Å²) in [4.78, 5) is 10.9. The molecule has 4 heteroatoms. The number of anilines is 1. The molecule has 15 heavy (non-hydrogen) atoms. The number of carboxylic acid groups (broad SMARTS) is 1. The first-order chi connectivity index (χ1) is 7.02. The molecule has 2 rings (SSSR count). The van der Waals surface area contributed by atoms with Crippen LogP contribution in [0.15, 0.2) is 18.2 Å². The van der Waals surface area contributed by atoms with Crippen LogP contribution in [0.2, 0.25) is 0 Å². The summed E-state index contributed by atoms with van der Waals surface area (Å²) in [6.07, 6.45) is 1.98. The zero-order valence-corrected chi connectivity index (χ0v) is 8.38. The van der Waals surface area contributed by atoms with Gasteiger partial charge in [0, 0.05) is 5.54 Å².